The zero-order valence-corrected chi connectivity index (χ0v) is 47.0. The molecule has 0 aliphatic heterocycles. The molecule has 2 nitrogen and oxygen atoms in total. The van der Waals surface area contributed by atoms with Crippen LogP contribution in [0.5, 0.6) is 0 Å². The molecule has 2 aromatic heterocycles. The van der Waals surface area contributed by atoms with Crippen molar-refractivity contribution in [1.29, 1.82) is 0 Å². The molecule has 0 amide bonds. The molecular formula is C74H68N2S2. The molecule has 0 bridgehead atoms. The Bertz CT molecular complexity index is 3750. The normalized spacial score (nSPS) is 20.5. The second-order valence-corrected chi connectivity index (χ2v) is 26.1. The minimum atomic E-state index is -0.128. The fraction of sp³-hybridized carbons (Fsp3) is 0.243. The van der Waals surface area contributed by atoms with E-state index in [0.29, 0.717) is 29.7 Å². The van der Waals surface area contributed by atoms with E-state index in [1.807, 2.05) is 22.7 Å². The first-order chi connectivity index (χ1) is 38.2. The number of anilines is 5. The van der Waals surface area contributed by atoms with Gasteiger partial charge in [-0.1, -0.05) is 161 Å². The molecule has 14 rings (SSSR count). The van der Waals surface area contributed by atoms with Gasteiger partial charge in [-0.2, -0.15) is 0 Å². The number of hydrogen-bond acceptors (Lipinski definition) is 4. The molecule has 0 spiro atoms. The van der Waals surface area contributed by atoms with Crippen LogP contribution in [0.25, 0.3) is 42.4 Å². The molecule has 3 atom stereocenters. The van der Waals surface area contributed by atoms with E-state index in [1.165, 1.54) is 120 Å². The summed E-state index contributed by atoms with van der Waals surface area (Å²) in [6.45, 7) is 9.93. The molecule has 386 valence electrons. The molecule has 8 aromatic carbocycles. The molecule has 2 saturated carbocycles. The molecule has 10 aromatic rings. The Morgan fingerprint density at radius 2 is 0.923 bits per heavy atom. The third-order valence-electron chi connectivity index (χ3n) is 18.9. The fourth-order valence-corrected chi connectivity index (χ4v) is 16.9. The third kappa shape index (κ3) is 8.68. The highest BCUT2D eigenvalue weighted by molar-refractivity contribution is 7.18. The lowest BCUT2D eigenvalue weighted by Gasteiger charge is -2.39. The van der Waals surface area contributed by atoms with Crippen LogP contribution in [0.3, 0.4) is 0 Å². The second-order valence-electron chi connectivity index (χ2n) is 23.9. The van der Waals surface area contributed by atoms with Gasteiger partial charge in [-0.25, -0.2) is 0 Å². The van der Waals surface area contributed by atoms with Gasteiger partial charge in [0.05, 0.1) is 0 Å². The summed E-state index contributed by atoms with van der Waals surface area (Å²) in [7, 11) is 0. The summed E-state index contributed by atoms with van der Waals surface area (Å²) in [5.41, 5.74) is 20.3. The third-order valence-corrected chi connectivity index (χ3v) is 21.4. The van der Waals surface area contributed by atoms with Crippen molar-refractivity contribution in [3.8, 4) is 42.4 Å². The fourth-order valence-electron chi connectivity index (χ4n) is 14.7. The lowest BCUT2D eigenvalue weighted by molar-refractivity contribution is 0.214. The highest BCUT2D eigenvalue weighted by Gasteiger charge is 2.49. The van der Waals surface area contributed by atoms with Crippen molar-refractivity contribution < 1.29 is 0 Å². The quantitative estimate of drug-likeness (QED) is 0.127. The van der Waals surface area contributed by atoms with Gasteiger partial charge in [-0.05, 0) is 221 Å². The van der Waals surface area contributed by atoms with Crippen LogP contribution in [-0.4, -0.2) is 6.04 Å². The van der Waals surface area contributed by atoms with E-state index in [4.69, 9.17) is 0 Å². The number of benzene rings is 8. The van der Waals surface area contributed by atoms with E-state index in [1.54, 1.807) is 16.0 Å². The van der Waals surface area contributed by atoms with Crippen molar-refractivity contribution in [3.63, 3.8) is 0 Å². The van der Waals surface area contributed by atoms with Crippen LogP contribution in [0.4, 0.5) is 28.4 Å². The minimum Gasteiger partial charge on any atom is -0.338 e. The van der Waals surface area contributed by atoms with Gasteiger partial charge in [0.25, 0.3) is 0 Å². The summed E-state index contributed by atoms with van der Waals surface area (Å²) < 4.78 is 0. The molecule has 3 unspecified atom stereocenters. The Morgan fingerprint density at radius 3 is 1.60 bits per heavy atom. The maximum atomic E-state index is 2.68. The average molecular weight is 1050 g/mol. The van der Waals surface area contributed by atoms with Gasteiger partial charge in [0, 0.05) is 59.4 Å². The van der Waals surface area contributed by atoms with E-state index in [9.17, 15) is 0 Å². The number of para-hydroxylation sites is 2. The minimum absolute atomic E-state index is 0.0850. The molecule has 78 heavy (non-hydrogen) atoms. The molecule has 4 aliphatic rings. The van der Waals surface area contributed by atoms with E-state index in [0.717, 1.165) is 12.8 Å². The summed E-state index contributed by atoms with van der Waals surface area (Å²) in [5, 5.41) is 0. The van der Waals surface area contributed by atoms with E-state index in [2.05, 4.69) is 262 Å². The molecule has 4 heteroatoms. The van der Waals surface area contributed by atoms with Crippen LogP contribution in [-0.2, 0) is 10.8 Å². The zero-order valence-electron chi connectivity index (χ0n) is 45.4. The molecule has 0 radical (unpaired) electrons. The van der Waals surface area contributed by atoms with Crippen molar-refractivity contribution >= 4 is 51.1 Å². The maximum absolute atomic E-state index is 2.68. The van der Waals surface area contributed by atoms with Gasteiger partial charge >= 0.3 is 0 Å². The molecule has 0 saturated heterocycles. The van der Waals surface area contributed by atoms with Crippen LogP contribution in [0.1, 0.15) is 123 Å². The zero-order chi connectivity index (χ0) is 52.5. The lowest BCUT2D eigenvalue weighted by atomic mass is 9.66. The van der Waals surface area contributed by atoms with Crippen molar-refractivity contribution in [2.75, 3.05) is 9.80 Å². The second kappa shape index (κ2) is 19.9. The molecule has 0 N–H and O–H groups in total. The average Bonchev–Trinajstić information content (AvgIpc) is 4.49. The summed E-state index contributed by atoms with van der Waals surface area (Å²) in [4.78, 5) is 10.8. The molecule has 4 aliphatic carbocycles. The van der Waals surface area contributed by atoms with Gasteiger partial charge in [-0.15, -0.1) is 22.7 Å². The number of nitrogens with zero attached hydrogens (tertiary/aromatic N) is 2. The van der Waals surface area contributed by atoms with Crippen molar-refractivity contribution in [1.82, 2.24) is 0 Å². The standard InChI is InChI=1S/C74H68N2S2/c1-73(2)65-45-53(71-43-41-69(77-71)51-17-9-5-10-18-51)29-37-61(65)63-39-35-59(47-67(63)73)75(55-21-13-7-14-22-55)57-31-25-49(26-32-57)50-27-33-58(34-28-50)76(56-23-15-8-16-24-56)60-36-40-64-62-38-30-54(46-66(62)74(3,4)68(64)48-60)72-44-42-70(78-72)52-19-11-6-12-20-52/h5-26,30-32,35-36,38-44,46-48,50,53,58,61,65H,27-29,33-34,37,45H2,1-4H3. The Hall–Kier alpha value is -7.24. The first-order valence-corrected chi connectivity index (χ1v) is 30.3. The first-order valence-electron chi connectivity index (χ1n) is 28.7. The van der Waals surface area contributed by atoms with Crippen LogP contribution >= 0.6 is 22.7 Å². The topological polar surface area (TPSA) is 6.48 Å². The number of rotatable bonds is 11. The largest absolute Gasteiger partial charge is 0.338 e. The van der Waals surface area contributed by atoms with Crippen LogP contribution < -0.4 is 9.80 Å². The van der Waals surface area contributed by atoms with Crippen molar-refractivity contribution in [2.24, 2.45) is 5.92 Å². The van der Waals surface area contributed by atoms with E-state index >= 15 is 0 Å². The first kappa shape index (κ1) is 49.1. The Labute approximate surface area is 470 Å². The van der Waals surface area contributed by atoms with E-state index in [-0.39, 0.29) is 10.8 Å². The Balaban J connectivity index is 0.692. The molecular weight excluding hydrogens is 981 g/mol. The van der Waals surface area contributed by atoms with Gasteiger partial charge in [0.2, 0.25) is 0 Å². The molecule has 2 fully saturated rings. The summed E-state index contributed by atoms with van der Waals surface area (Å²) >= 11 is 3.90. The van der Waals surface area contributed by atoms with Gasteiger partial charge < -0.3 is 9.80 Å². The Kier molecular flexibility index (Phi) is 12.5. The summed E-state index contributed by atoms with van der Waals surface area (Å²) in [5.74, 6) is 2.40. The van der Waals surface area contributed by atoms with Crippen molar-refractivity contribution in [3.05, 3.63) is 257 Å². The molecule has 2 heterocycles. The summed E-state index contributed by atoms with van der Waals surface area (Å²) in [6.07, 6.45) is 8.39. The maximum Gasteiger partial charge on any atom is 0.0464 e. The van der Waals surface area contributed by atoms with Crippen LogP contribution in [0, 0.1) is 5.92 Å². The number of thiophene rings is 2. The van der Waals surface area contributed by atoms with Crippen molar-refractivity contribution in [2.45, 2.75) is 107 Å². The highest BCUT2D eigenvalue weighted by atomic mass is 32.1. The van der Waals surface area contributed by atoms with Gasteiger partial charge in [-0.3, -0.25) is 0 Å². The summed E-state index contributed by atoms with van der Waals surface area (Å²) in [6, 6.07) is 85.3. The van der Waals surface area contributed by atoms with Gasteiger partial charge in [0.1, 0.15) is 0 Å². The lowest BCUT2D eigenvalue weighted by Crippen LogP contribution is -2.34. The number of fused-ring (bicyclic) bond motifs is 6. The number of hydrogen-bond donors (Lipinski definition) is 0. The predicted octanol–water partition coefficient (Wildman–Crippen LogP) is 21.4. The van der Waals surface area contributed by atoms with Gasteiger partial charge in [0.15, 0.2) is 0 Å². The van der Waals surface area contributed by atoms with E-state index < -0.39 is 0 Å². The smallest absolute Gasteiger partial charge is 0.0464 e. The monoisotopic (exact) mass is 1050 g/mol. The highest BCUT2D eigenvalue weighted by Crippen LogP contribution is 2.60. The predicted molar refractivity (Wildman–Crippen MR) is 333 cm³/mol. The SMILES string of the molecule is CC1(C)c2cc(-c3ccc(-c4ccccc4)s3)ccc2-c2ccc(N(c3ccccc3)C3CCC(c4ccc(N(c5ccccc5)c5ccc6c(c5)C(C)(C)C5CC(c7ccc(-c8ccccc8)s7)CCC65)cc4)CC3)cc21. The Morgan fingerprint density at radius 1 is 0.397 bits per heavy atom. The van der Waals surface area contributed by atoms with Crippen LogP contribution in [0.15, 0.2) is 224 Å². The van der Waals surface area contributed by atoms with Crippen LogP contribution in [0.2, 0.25) is 0 Å².